The van der Waals surface area contributed by atoms with Crippen molar-refractivity contribution in [2.24, 2.45) is 5.92 Å². The number of aromatic amines is 1. The van der Waals surface area contributed by atoms with Crippen molar-refractivity contribution < 1.29 is 9.90 Å². The molecule has 0 radical (unpaired) electrons. The SMILES string of the molecule is Nc1n[nH]c(C(=O)N2CCC([C@H](O)Cc3ccccc3)CC2)c1Cl. The van der Waals surface area contributed by atoms with Crippen LogP contribution < -0.4 is 5.73 Å². The minimum atomic E-state index is -0.393. The zero-order valence-electron chi connectivity index (χ0n) is 13.3. The Bertz CT molecular complexity index is 696. The third-order valence-electron chi connectivity index (χ3n) is 4.61. The van der Waals surface area contributed by atoms with Gasteiger partial charge in [-0.15, -0.1) is 0 Å². The summed E-state index contributed by atoms with van der Waals surface area (Å²) in [5.41, 5.74) is 6.93. The van der Waals surface area contributed by atoms with Crippen molar-refractivity contribution in [1.82, 2.24) is 15.1 Å². The van der Waals surface area contributed by atoms with Gasteiger partial charge in [0.05, 0.1) is 6.10 Å². The highest BCUT2D eigenvalue weighted by Gasteiger charge is 2.29. The molecule has 1 fully saturated rings. The summed E-state index contributed by atoms with van der Waals surface area (Å²) < 4.78 is 0. The number of nitrogens with two attached hydrogens (primary N) is 1. The van der Waals surface area contributed by atoms with E-state index >= 15 is 0 Å². The number of likely N-dealkylation sites (tertiary alicyclic amines) is 1. The third kappa shape index (κ3) is 3.55. The molecule has 0 aliphatic carbocycles. The van der Waals surface area contributed by atoms with Gasteiger partial charge in [0.25, 0.3) is 5.91 Å². The molecule has 1 atom stereocenters. The molecule has 1 aliphatic rings. The Balaban J connectivity index is 1.55. The Hall–Kier alpha value is -2.05. The number of nitrogen functional groups attached to an aromatic ring is 1. The molecule has 0 bridgehead atoms. The minimum Gasteiger partial charge on any atom is -0.392 e. The van der Waals surface area contributed by atoms with E-state index in [1.807, 2.05) is 30.3 Å². The fourth-order valence-corrected chi connectivity index (χ4v) is 3.32. The summed E-state index contributed by atoms with van der Waals surface area (Å²) in [5, 5.41) is 17.0. The van der Waals surface area contributed by atoms with Gasteiger partial charge in [-0.25, -0.2) is 0 Å². The maximum Gasteiger partial charge on any atom is 0.273 e. The van der Waals surface area contributed by atoms with Gasteiger partial charge in [-0.1, -0.05) is 41.9 Å². The maximum atomic E-state index is 12.5. The smallest absolute Gasteiger partial charge is 0.273 e. The van der Waals surface area contributed by atoms with Crippen molar-refractivity contribution >= 4 is 23.3 Å². The van der Waals surface area contributed by atoms with E-state index < -0.39 is 6.10 Å². The van der Waals surface area contributed by atoms with Crippen LogP contribution >= 0.6 is 11.6 Å². The second-order valence-corrected chi connectivity index (χ2v) is 6.56. The normalized spacial score (nSPS) is 17.0. The number of hydrogen-bond donors (Lipinski definition) is 3. The molecule has 0 unspecified atom stereocenters. The number of hydrogen-bond acceptors (Lipinski definition) is 4. The number of anilines is 1. The third-order valence-corrected chi connectivity index (χ3v) is 4.99. The molecule has 3 rings (SSSR count). The van der Waals surface area contributed by atoms with Crippen LogP contribution in [-0.2, 0) is 6.42 Å². The molecule has 0 saturated carbocycles. The van der Waals surface area contributed by atoms with Crippen LogP contribution in [-0.4, -0.2) is 45.3 Å². The molecule has 128 valence electrons. The predicted octanol–water partition coefficient (Wildman–Crippen LogP) is 2.10. The topological polar surface area (TPSA) is 95.2 Å². The van der Waals surface area contributed by atoms with Gasteiger partial charge in [0, 0.05) is 13.1 Å². The molecule has 2 heterocycles. The fraction of sp³-hybridized carbons (Fsp3) is 0.412. The number of nitrogens with zero attached hydrogens (tertiary/aromatic N) is 2. The summed E-state index contributed by atoms with van der Waals surface area (Å²) in [6.07, 6.45) is 1.78. The first kappa shape index (κ1) is 16.8. The molecule has 1 aromatic carbocycles. The predicted molar refractivity (Wildman–Crippen MR) is 92.8 cm³/mol. The molecule has 1 aliphatic heterocycles. The van der Waals surface area contributed by atoms with Crippen LogP contribution in [0, 0.1) is 5.92 Å². The highest BCUT2D eigenvalue weighted by atomic mass is 35.5. The number of aliphatic hydroxyl groups excluding tert-OH is 1. The molecule has 7 heteroatoms. The molecule has 1 aromatic heterocycles. The van der Waals surface area contributed by atoms with Gasteiger partial charge in [-0.3, -0.25) is 9.89 Å². The Morgan fingerprint density at radius 2 is 2.04 bits per heavy atom. The van der Waals surface area contributed by atoms with E-state index in [1.165, 1.54) is 0 Å². The first-order valence-corrected chi connectivity index (χ1v) is 8.44. The monoisotopic (exact) mass is 348 g/mol. The van der Waals surface area contributed by atoms with Gasteiger partial charge in [0.2, 0.25) is 0 Å². The Kier molecular flexibility index (Phi) is 5.06. The van der Waals surface area contributed by atoms with Crippen molar-refractivity contribution in [3.8, 4) is 0 Å². The minimum absolute atomic E-state index is 0.133. The molecule has 1 amide bonds. The number of benzene rings is 1. The van der Waals surface area contributed by atoms with Gasteiger partial charge < -0.3 is 15.7 Å². The van der Waals surface area contributed by atoms with Gasteiger partial charge in [-0.05, 0) is 30.7 Å². The average Bonchev–Trinajstić information content (AvgIpc) is 2.94. The average molecular weight is 349 g/mol. The van der Waals surface area contributed by atoms with Crippen molar-refractivity contribution in [2.45, 2.75) is 25.4 Å². The van der Waals surface area contributed by atoms with Crippen molar-refractivity contribution in [2.75, 3.05) is 18.8 Å². The number of rotatable bonds is 4. The number of H-pyrrole nitrogens is 1. The summed E-state index contributed by atoms with van der Waals surface area (Å²) in [4.78, 5) is 14.2. The molecule has 1 saturated heterocycles. The van der Waals surface area contributed by atoms with Crippen LogP contribution in [0.2, 0.25) is 5.02 Å². The number of amides is 1. The van der Waals surface area contributed by atoms with Crippen molar-refractivity contribution in [1.29, 1.82) is 0 Å². The standard InChI is InChI=1S/C17H21ClN4O2/c18-14-15(20-21-16(14)19)17(24)22-8-6-12(7-9-22)13(23)10-11-4-2-1-3-5-11/h1-5,12-13,23H,6-10H2,(H3,19,20,21)/t13-/m1/s1. The maximum absolute atomic E-state index is 12.5. The van der Waals surface area contributed by atoms with Gasteiger partial charge in [-0.2, -0.15) is 5.10 Å². The van der Waals surface area contributed by atoms with Crippen molar-refractivity contribution in [3.05, 3.63) is 46.6 Å². The molecule has 0 spiro atoms. The lowest BCUT2D eigenvalue weighted by molar-refractivity contribution is 0.0464. The van der Waals surface area contributed by atoms with Crippen LogP contribution in [0.3, 0.4) is 0 Å². The molecule has 4 N–H and O–H groups in total. The van der Waals surface area contributed by atoms with Gasteiger partial charge in [0.1, 0.15) is 10.7 Å². The molecule has 2 aromatic rings. The van der Waals surface area contributed by atoms with E-state index in [0.29, 0.717) is 19.5 Å². The number of carbonyl (C=O) groups excluding carboxylic acids is 1. The second kappa shape index (κ2) is 7.23. The van der Waals surface area contributed by atoms with E-state index in [0.717, 1.165) is 18.4 Å². The fourth-order valence-electron chi connectivity index (χ4n) is 3.15. The highest BCUT2D eigenvalue weighted by molar-refractivity contribution is 6.35. The summed E-state index contributed by atoms with van der Waals surface area (Å²) in [6.45, 7) is 1.18. The number of nitrogens with one attached hydrogen (secondary N) is 1. The van der Waals surface area contributed by atoms with Crippen LogP contribution in [0.5, 0.6) is 0 Å². The zero-order chi connectivity index (χ0) is 17.1. The van der Waals surface area contributed by atoms with Crippen LogP contribution in [0.25, 0.3) is 0 Å². The summed E-state index contributed by atoms with van der Waals surface area (Å²) >= 11 is 5.99. The number of aliphatic hydroxyl groups is 1. The number of halogens is 1. The molecular weight excluding hydrogens is 328 g/mol. The molecular formula is C17H21ClN4O2. The van der Waals surface area contributed by atoms with E-state index in [-0.39, 0.29) is 28.4 Å². The van der Waals surface area contributed by atoms with Gasteiger partial charge in [0.15, 0.2) is 5.82 Å². The zero-order valence-corrected chi connectivity index (χ0v) is 14.0. The number of piperidine rings is 1. The van der Waals surface area contributed by atoms with Crippen LogP contribution in [0.1, 0.15) is 28.9 Å². The first-order valence-electron chi connectivity index (χ1n) is 8.07. The quantitative estimate of drug-likeness (QED) is 0.788. The molecule has 24 heavy (non-hydrogen) atoms. The molecule has 6 nitrogen and oxygen atoms in total. The van der Waals surface area contributed by atoms with Crippen LogP contribution in [0.4, 0.5) is 5.82 Å². The van der Waals surface area contributed by atoms with E-state index in [1.54, 1.807) is 4.90 Å². The number of carbonyl (C=O) groups is 1. The van der Waals surface area contributed by atoms with Gasteiger partial charge >= 0.3 is 0 Å². The van der Waals surface area contributed by atoms with Crippen molar-refractivity contribution in [3.63, 3.8) is 0 Å². The lowest BCUT2D eigenvalue weighted by Gasteiger charge is -2.34. The Morgan fingerprint density at radius 1 is 1.38 bits per heavy atom. The number of aromatic nitrogens is 2. The summed E-state index contributed by atoms with van der Waals surface area (Å²) in [6, 6.07) is 9.96. The lowest BCUT2D eigenvalue weighted by atomic mass is 9.88. The highest BCUT2D eigenvalue weighted by Crippen LogP contribution is 2.26. The summed E-state index contributed by atoms with van der Waals surface area (Å²) in [5.74, 6) is 0.130. The van der Waals surface area contributed by atoms with Crippen LogP contribution in [0.15, 0.2) is 30.3 Å². The largest absolute Gasteiger partial charge is 0.392 e. The summed E-state index contributed by atoms with van der Waals surface area (Å²) in [7, 11) is 0. The van der Waals surface area contributed by atoms with E-state index in [4.69, 9.17) is 17.3 Å². The second-order valence-electron chi connectivity index (χ2n) is 6.18. The Morgan fingerprint density at radius 3 is 2.62 bits per heavy atom. The lowest BCUT2D eigenvalue weighted by Crippen LogP contribution is -2.41. The van der Waals surface area contributed by atoms with E-state index in [9.17, 15) is 9.90 Å². The first-order chi connectivity index (χ1) is 11.6. The Labute approximate surface area is 145 Å². The van der Waals surface area contributed by atoms with E-state index in [2.05, 4.69) is 10.2 Å².